The second-order valence-electron chi connectivity index (χ2n) is 4.12. The van der Waals surface area contributed by atoms with Gasteiger partial charge in [0.1, 0.15) is 24.1 Å². The number of nitrogens with zero attached hydrogens (tertiary/aromatic N) is 1. The van der Waals surface area contributed by atoms with Gasteiger partial charge in [0.2, 0.25) is 0 Å². The third kappa shape index (κ3) is 3.62. The molecule has 0 aromatic heterocycles. The highest BCUT2D eigenvalue weighted by atomic mass is 16.4. The number of piperidine rings is 1. The maximum atomic E-state index is 9.67. The Labute approximate surface area is 100.0 Å². The van der Waals surface area contributed by atoms with Gasteiger partial charge in [-0.2, -0.15) is 0 Å². The molecule has 0 amide bonds. The van der Waals surface area contributed by atoms with Crippen LogP contribution in [0.2, 0.25) is 0 Å². The summed E-state index contributed by atoms with van der Waals surface area (Å²) in [6.45, 7) is 0.728. The molecule has 100 valence electrons. The number of unbranched alkanes of at least 4 members (excludes halogenated alkanes) is 1. The number of aliphatic hydroxyl groups is 4. The van der Waals surface area contributed by atoms with E-state index in [1.807, 2.05) is 0 Å². The molecule has 7 N–H and O–H groups in total. The summed E-state index contributed by atoms with van der Waals surface area (Å²) in [7, 11) is 0. The molecule has 0 unspecified atom stereocenters. The molecule has 0 spiro atoms. The molecule has 4 atom stereocenters. The highest BCUT2D eigenvalue weighted by molar-refractivity contribution is 5.88. The number of nitrogens with two attached hydrogens (primary N) is 1. The zero-order valence-electron chi connectivity index (χ0n) is 9.66. The first kappa shape index (κ1) is 14.3. The number of nitrogens with one attached hydrogen (secondary N) is 1. The van der Waals surface area contributed by atoms with Crippen molar-refractivity contribution in [3.63, 3.8) is 0 Å². The SMILES string of the molecule is NCCCCN=C1N[C@H](CO)[C@@H](O)[C@H](O)[C@@H]1O. The number of amidine groups is 1. The third-order valence-electron chi connectivity index (χ3n) is 2.79. The molecule has 1 rings (SSSR count). The number of aliphatic hydroxyl groups excluding tert-OH is 4. The summed E-state index contributed by atoms with van der Waals surface area (Å²) in [6.07, 6.45) is -2.16. The van der Waals surface area contributed by atoms with E-state index < -0.39 is 24.4 Å². The van der Waals surface area contributed by atoms with Crippen molar-refractivity contribution in [1.82, 2.24) is 5.32 Å². The number of aliphatic imine (C=N–C) groups is 1. The van der Waals surface area contributed by atoms with E-state index in [0.717, 1.165) is 12.8 Å². The molecule has 0 aromatic carbocycles. The molecular formula is C10H21N3O4. The number of hydrogen-bond donors (Lipinski definition) is 6. The summed E-state index contributed by atoms with van der Waals surface area (Å²) in [5.74, 6) is 0.207. The Morgan fingerprint density at radius 1 is 1.18 bits per heavy atom. The van der Waals surface area contributed by atoms with E-state index >= 15 is 0 Å². The molecule has 7 nitrogen and oxygen atoms in total. The summed E-state index contributed by atoms with van der Waals surface area (Å²) in [5, 5.41) is 40.5. The van der Waals surface area contributed by atoms with Crippen LogP contribution in [-0.4, -0.2) is 70.3 Å². The van der Waals surface area contributed by atoms with Gasteiger partial charge in [-0.3, -0.25) is 4.99 Å². The molecule has 1 fully saturated rings. The van der Waals surface area contributed by atoms with Crippen LogP contribution in [0.25, 0.3) is 0 Å². The number of rotatable bonds is 5. The topological polar surface area (TPSA) is 131 Å². The van der Waals surface area contributed by atoms with Gasteiger partial charge >= 0.3 is 0 Å². The van der Waals surface area contributed by atoms with Crippen molar-refractivity contribution in [3.8, 4) is 0 Å². The first-order valence-electron chi connectivity index (χ1n) is 5.77. The Morgan fingerprint density at radius 2 is 1.88 bits per heavy atom. The fraction of sp³-hybridized carbons (Fsp3) is 0.900. The van der Waals surface area contributed by atoms with E-state index in [1.165, 1.54) is 0 Å². The predicted octanol–water partition coefficient (Wildman–Crippen LogP) is -2.83. The fourth-order valence-corrected chi connectivity index (χ4v) is 1.70. The first-order valence-corrected chi connectivity index (χ1v) is 5.77. The van der Waals surface area contributed by atoms with Crippen molar-refractivity contribution in [2.24, 2.45) is 10.7 Å². The summed E-state index contributed by atoms with van der Waals surface area (Å²) in [6, 6.07) is -0.707. The van der Waals surface area contributed by atoms with Crippen molar-refractivity contribution < 1.29 is 20.4 Å². The zero-order chi connectivity index (χ0) is 12.8. The van der Waals surface area contributed by atoms with Gasteiger partial charge < -0.3 is 31.5 Å². The largest absolute Gasteiger partial charge is 0.394 e. The Hall–Kier alpha value is -0.730. The zero-order valence-corrected chi connectivity index (χ0v) is 9.66. The van der Waals surface area contributed by atoms with Crippen molar-refractivity contribution in [2.75, 3.05) is 19.7 Å². The van der Waals surface area contributed by atoms with Gasteiger partial charge in [-0.25, -0.2) is 0 Å². The second-order valence-corrected chi connectivity index (χ2v) is 4.12. The van der Waals surface area contributed by atoms with Crippen LogP contribution in [-0.2, 0) is 0 Å². The minimum atomic E-state index is -1.33. The third-order valence-corrected chi connectivity index (χ3v) is 2.79. The average molecular weight is 247 g/mol. The van der Waals surface area contributed by atoms with E-state index in [2.05, 4.69) is 10.3 Å². The molecule has 0 bridgehead atoms. The van der Waals surface area contributed by atoms with E-state index in [-0.39, 0.29) is 12.4 Å². The van der Waals surface area contributed by atoms with Crippen molar-refractivity contribution in [3.05, 3.63) is 0 Å². The maximum Gasteiger partial charge on any atom is 0.139 e. The van der Waals surface area contributed by atoms with Crippen LogP contribution >= 0.6 is 0 Å². The second kappa shape index (κ2) is 6.87. The summed E-state index contributed by atoms with van der Waals surface area (Å²) in [5.41, 5.74) is 5.34. The lowest BCUT2D eigenvalue weighted by atomic mass is 9.95. The molecule has 1 aliphatic rings. The fourth-order valence-electron chi connectivity index (χ4n) is 1.70. The van der Waals surface area contributed by atoms with E-state index in [1.54, 1.807) is 0 Å². The predicted molar refractivity (Wildman–Crippen MR) is 62.6 cm³/mol. The molecule has 7 heteroatoms. The maximum absolute atomic E-state index is 9.67. The van der Waals surface area contributed by atoms with Crippen molar-refractivity contribution >= 4 is 5.84 Å². The molecule has 1 heterocycles. The van der Waals surface area contributed by atoms with E-state index in [4.69, 9.17) is 10.8 Å². The Balaban J connectivity index is 2.58. The molecule has 17 heavy (non-hydrogen) atoms. The monoisotopic (exact) mass is 247 g/mol. The van der Waals surface area contributed by atoms with Crippen LogP contribution in [0.15, 0.2) is 4.99 Å². The van der Waals surface area contributed by atoms with E-state index in [0.29, 0.717) is 13.1 Å². The van der Waals surface area contributed by atoms with Crippen LogP contribution in [0.4, 0.5) is 0 Å². The van der Waals surface area contributed by atoms with Crippen LogP contribution in [0.5, 0.6) is 0 Å². The standard InChI is InChI=1S/C10H21N3O4/c11-3-1-2-4-12-10-9(17)8(16)7(15)6(5-14)13-10/h6-9,14-17H,1-5,11H2,(H,12,13)/t6-,7-,8+,9+/m1/s1. The van der Waals surface area contributed by atoms with Gasteiger partial charge in [-0.1, -0.05) is 0 Å². The lowest BCUT2D eigenvalue weighted by molar-refractivity contribution is -0.0681. The average Bonchev–Trinajstić information content (AvgIpc) is 2.34. The summed E-state index contributed by atoms with van der Waals surface area (Å²) >= 11 is 0. The molecule has 0 saturated carbocycles. The normalized spacial score (nSPS) is 35.9. The van der Waals surface area contributed by atoms with Gasteiger partial charge in [0.15, 0.2) is 0 Å². The highest BCUT2D eigenvalue weighted by Crippen LogP contribution is 2.12. The van der Waals surface area contributed by atoms with Crippen LogP contribution in [0.3, 0.4) is 0 Å². The molecule has 1 aliphatic heterocycles. The van der Waals surface area contributed by atoms with Gasteiger partial charge in [-0.05, 0) is 19.4 Å². The summed E-state index contributed by atoms with van der Waals surface area (Å²) in [4.78, 5) is 4.10. The molecular weight excluding hydrogens is 226 g/mol. The quantitative estimate of drug-likeness (QED) is 0.290. The Kier molecular flexibility index (Phi) is 5.79. The molecule has 1 saturated heterocycles. The summed E-state index contributed by atoms with van der Waals surface area (Å²) < 4.78 is 0. The van der Waals surface area contributed by atoms with Gasteiger partial charge in [0.25, 0.3) is 0 Å². The van der Waals surface area contributed by atoms with Crippen LogP contribution < -0.4 is 11.1 Å². The first-order chi connectivity index (χ1) is 8.11. The molecule has 0 radical (unpaired) electrons. The van der Waals surface area contributed by atoms with Gasteiger partial charge in [-0.15, -0.1) is 0 Å². The Bertz CT molecular complexity index is 260. The van der Waals surface area contributed by atoms with Crippen LogP contribution in [0, 0.1) is 0 Å². The lowest BCUT2D eigenvalue weighted by Gasteiger charge is -2.36. The van der Waals surface area contributed by atoms with Gasteiger partial charge in [0.05, 0.1) is 12.6 Å². The Morgan fingerprint density at radius 3 is 2.47 bits per heavy atom. The van der Waals surface area contributed by atoms with Crippen molar-refractivity contribution in [1.29, 1.82) is 0 Å². The minimum Gasteiger partial charge on any atom is -0.394 e. The number of hydrogen-bond acceptors (Lipinski definition) is 6. The molecule has 0 aromatic rings. The smallest absolute Gasteiger partial charge is 0.139 e. The molecule has 0 aliphatic carbocycles. The van der Waals surface area contributed by atoms with Crippen molar-refractivity contribution in [2.45, 2.75) is 37.2 Å². The lowest BCUT2D eigenvalue weighted by Crippen LogP contribution is -2.63. The van der Waals surface area contributed by atoms with Crippen LogP contribution in [0.1, 0.15) is 12.8 Å². The van der Waals surface area contributed by atoms with E-state index in [9.17, 15) is 15.3 Å². The highest BCUT2D eigenvalue weighted by Gasteiger charge is 2.39. The van der Waals surface area contributed by atoms with Gasteiger partial charge in [0, 0.05) is 6.54 Å². The minimum absolute atomic E-state index is 0.207.